The van der Waals surface area contributed by atoms with Crippen LogP contribution in [0.5, 0.6) is 0 Å². The Balaban J connectivity index is 2.27. The molecule has 1 aliphatic heterocycles. The van der Waals surface area contributed by atoms with Gasteiger partial charge in [-0.2, -0.15) is 0 Å². The van der Waals surface area contributed by atoms with Crippen LogP contribution in [0.2, 0.25) is 0 Å². The first-order chi connectivity index (χ1) is 10.3. The lowest BCUT2D eigenvalue weighted by atomic mass is 10.1. The van der Waals surface area contributed by atoms with Gasteiger partial charge in [0.2, 0.25) is 0 Å². The number of anilines is 1. The summed E-state index contributed by atoms with van der Waals surface area (Å²) in [5.41, 5.74) is 2.75. The first-order valence-corrected chi connectivity index (χ1v) is 7.80. The summed E-state index contributed by atoms with van der Waals surface area (Å²) < 4.78 is 0. The van der Waals surface area contributed by atoms with Gasteiger partial charge in [-0.05, 0) is 41.9 Å². The molecule has 1 aliphatic rings. The van der Waals surface area contributed by atoms with E-state index < -0.39 is 0 Å². The highest BCUT2D eigenvalue weighted by Gasteiger charge is 2.35. The minimum absolute atomic E-state index is 0.0158. The van der Waals surface area contributed by atoms with Crippen molar-refractivity contribution in [2.75, 3.05) is 32.6 Å². The Morgan fingerprint density at radius 3 is 2.32 bits per heavy atom. The molecule has 1 saturated heterocycles. The Kier molecular flexibility index (Phi) is 4.86. The second kappa shape index (κ2) is 6.48. The normalized spacial score (nSPS) is 17.1. The summed E-state index contributed by atoms with van der Waals surface area (Å²) in [4.78, 5) is 18.1. The second-order valence-electron chi connectivity index (χ2n) is 6.17. The van der Waals surface area contributed by atoms with E-state index in [2.05, 4.69) is 13.8 Å². The number of carbonyl (C=O) groups excluding carboxylic acids is 1. The predicted molar refractivity (Wildman–Crippen MR) is 95.7 cm³/mol. The summed E-state index contributed by atoms with van der Waals surface area (Å²) >= 11 is 5.39. The van der Waals surface area contributed by atoms with Gasteiger partial charge in [-0.15, -0.1) is 0 Å². The van der Waals surface area contributed by atoms with E-state index in [-0.39, 0.29) is 5.91 Å². The van der Waals surface area contributed by atoms with E-state index in [0.717, 1.165) is 11.3 Å². The zero-order valence-corrected chi connectivity index (χ0v) is 14.6. The summed E-state index contributed by atoms with van der Waals surface area (Å²) in [5, 5.41) is 0.579. The van der Waals surface area contributed by atoms with Crippen molar-refractivity contribution in [3.63, 3.8) is 0 Å². The van der Waals surface area contributed by atoms with Gasteiger partial charge >= 0.3 is 0 Å². The van der Waals surface area contributed by atoms with Gasteiger partial charge in [-0.25, -0.2) is 0 Å². The molecule has 0 saturated carbocycles. The third-order valence-electron chi connectivity index (χ3n) is 3.60. The molecule has 0 unspecified atom stereocenters. The Morgan fingerprint density at radius 1 is 1.23 bits per heavy atom. The van der Waals surface area contributed by atoms with Gasteiger partial charge in [-0.1, -0.05) is 26.0 Å². The maximum absolute atomic E-state index is 12.6. The summed E-state index contributed by atoms with van der Waals surface area (Å²) in [6.45, 7) is 4.81. The number of amides is 1. The molecule has 1 amide bonds. The first kappa shape index (κ1) is 16.5. The molecule has 1 heterocycles. The minimum Gasteiger partial charge on any atom is -0.378 e. The van der Waals surface area contributed by atoms with Crippen molar-refractivity contribution in [1.29, 1.82) is 0 Å². The average Bonchev–Trinajstić information content (AvgIpc) is 2.65. The number of carbonyl (C=O) groups is 1. The molecule has 0 aliphatic carbocycles. The van der Waals surface area contributed by atoms with Gasteiger partial charge in [0, 0.05) is 33.4 Å². The van der Waals surface area contributed by atoms with E-state index in [9.17, 15) is 4.79 Å². The van der Waals surface area contributed by atoms with Crippen molar-refractivity contribution in [2.24, 2.45) is 5.92 Å². The molecule has 1 fully saturated rings. The molecule has 0 radical (unpaired) electrons. The number of thiocarbonyl (C=S) groups is 1. The summed E-state index contributed by atoms with van der Waals surface area (Å²) in [5.74, 6) is 0.368. The van der Waals surface area contributed by atoms with Crippen molar-refractivity contribution in [3.8, 4) is 0 Å². The third kappa shape index (κ3) is 3.30. The van der Waals surface area contributed by atoms with Gasteiger partial charge in [0.1, 0.15) is 5.70 Å². The lowest BCUT2D eigenvalue weighted by molar-refractivity contribution is -0.122. The van der Waals surface area contributed by atoms with Crippen molar-refractivity contribution in [3.05, 3.63) is 35.5 Å². The van der Waals surface area contributed by atoms with Crippen molar-refractivity contribution >= 4 is 35.0 Å². The zero-order valence-electron chi connectivity index (χ0n) is 13.8. The lowest BCUT2D eigenvalue weighted by Gasteiger charge is -2.18. The molecule has 1 aromatic rings. The van der Waals surface area contributed by atoms with Gasteiger partial charge in [-0.3, -0.25) is 9.69 Å². The molecule has 118 valence electrons. The van der Waals surface area contributed by atoms with Gasteiger partial charge in [0.25, 0.3) is 5.91 Å². The number of likely N-dealkylation sites (N-methyl/N-ethyl adjacent to an activating group) is 1. The fraction of sp³-hybridized carbons (Fsp3) is 0.412. The van der Waals surface area contributed by atoms with Crippen LogP contribution in [0.1, 0.15) is 19.4 Å². The van der Waals surface area contributed by atoms with Crippen LogP contribution in [0.3, 0.4) is 0 Å². The molecule has 22 heavy (non-hydrogen) atoms. The molecular weight excluding hydrogens is 294 g/mol. The SMILES string of the molecule is CC(C)CN1C(=O)/C(=C/c2ccc(N(C)C)cc2)N(C)C1=S. The second-order valence-corrected chi connectivity index (χ2v) is 6.53. The molecule has 4 nitrogen and oxygen atoms in total. The smallest absolute Gasteiger partial charge is 0.276 e. The van der Waals surface area contributed by atoms with Crippen LogP contribution in [0.4, 0.5) is 5.69 Å². The van der Waals surface area contributed by atoms with Crippen molar-refractivity contribution in [2.45, 2.75) is 13.8 Å². The third-order valence-corrected chi connectivity index (χ3v) is 4.10. The van der Waals surface area contributed by atoms with E-state index in [4.69, 9.17) is 12.2 Å². The maximum atomic E-state index is 12.6. The van der Waals surface area contributed by atoms with Crippen LogP contribution in [0, 0.1) is 5.92 Å². The van der Waals surface area contributed by atoms with E-state index >= 15 is 0 Å². The minimum atomic E-state index is -0.0158. The number of benzene rings is 1. The highest BCUT2D eigenvalue weighted by atomic mass is 32.1. The summed E-state index contributed by atoms with van der Waals surface area (Å²) in [6.07, 6.45) is 1.90. The largest absolute Gasteiger partial charge is 0.378 e. The van der Waals surface area contributed by atoms with Gasteiger partial charge in [0.15, 0.2) is 5.11 Å². The Hall–Kier alpha value is -1.88. The summed E-state index contributed by atoms with van der Waals surface area (Å²) in [7, 11) is 5.86. The first-order valence-electron chi connectivity index (χ1n) is 7.40. The molecular formula is C17H23N3OS. The fourth-order valence-corrected chi connectivity index (χ4v) is 2.62. The zero-order chi connectivity index (χ0) is 16.4. The van der Waals surface area contributed by atoms with Crippen molar-refractivity contribution in [1.82, 2.24) is 9.80 Å². The van der Waals surface area contributed by atoms with Crippen LogP contribution in [-0.4, -0.2) is 48.5 Å². The molecule has 0 N–H and O–H groups in total. The van der Waals surface area contributed by atoms with Crippen LogP contribution in [-0.2, 0) is 4.79 Å². The fourth-order valence-electron chi connectivity index (χ4n) is 2.36. The highest BCUT2D eigenvalue weighted by Crippen LogP contribution is 2.23. The monoisotopic (exact) mass is 317 g/mol. The van der Waals surface area contributed by atoms with Crippen LogP contribution >= 0.6 is 12.2 Å². The molecule has 0 spiro atoms. The topological polar surface area (TPSA) is 26.8 Å². The van der Waals surface area contributed by atoms with E-state index in [1.165, 1.54) is 0 Å². The van der Waals surface area contributed by atoms with Crippen LogP contribution in [0.25, 0.3) is 6.08 Å². The molecule has 0 bridgehead atoms. The Morgan fingerprint density at radius 2 is 1.82 bits per heavy atom. The van der Waals surface area contributed by atoms with Crippen molar-refractivity contribution < 1.29 is 4.79 Å². The predicted octanol–water partition coefficient (Wildman–Crippen LogP) is 2.81. The number of rotatable bonds is 4. The molecule has 0 atom stereocenters. The lowest BCUT2D eigenvalue weighted by Crippen LogP contribution is -2.34. The van der Waals surface area contributed by atoms with Crippen LogP contribution in [0.15, 0.2) is 30.0 Å². The molecule has 1 aromatic carbocycles. The van der Waals surface area contributed by atoms with E-state index in [1.54, 1.807) is 9.80 Å². The Labute approximate surface area is 138 Å². The number of hydrogen-bond acceptors (Lipinski definition) is 3. The van der Waals surface area contributed by atoms with Gasteiger partial charge < -0.3 is 9.80 Å². The van der Waals surface area contributed by atoms with E-state index in [0.29, 0.717) is 23.3 Å². The molecule has 0 aromatic heterocycles. The van der Waals surface area contributed by atoms with E-state index in [1.807, 2.05) is 56.4 Å². The number of nitrogens with zero attached hydrogens (tertiary/aromatic N) is 3. The average molecular weight is 317 g/mol. The maximum Gasteiger partial charge on any atom is 0.276 e. The standard InChI is InChI=1S/C17H23N3OS/c1-12(2)11-20-16(21)15(19(5)17(20)22)10-13-6-8-14(9-7-13)18(3)4/h6-10,12H,11H2,1-5H3/b15-10-. The quantitative estimate of drug-likeness (QED) is 0.630. The Bertz CT molecular complexity index is 605. The van der Waals surface area contributed by atoms with Crippen LogP contribution < -0.4 is 4.90 Å². The number of hydrogen-bond donors (Lipinski definition) is 0. The molecule has 2 rings (SSSR count). The highest BCUT2D eigenvalue weighted by molar-refractivity contribution is 7.80. The van der Waals surface area contributed by atoms with Gasteiger partial charge in [0.05, 0.1) is 0 Å². The summed E-state index contributed by atoms with van der Waals surface area (Å²) in [6, 6.07) is 8.10. The molecule has 5 heteroatoms.